The number of piperazine rings is 1. The van der Waals surface area contributed by atoms with E-state index in [0.717, 1.165) is 12.1 Å². The Hall–Kier alpha value is -1.41. The summed E-state index contributed by atoms with van der Waals surface area (Å²) < 4.78 is 68.1. The summed E-state index contributed by atoms with van der Waals surface area (Å²) in [6.07, 6.45) is -4.43. The lowest BCUT2D eigenvalue weighted by atomic mass is 10.0. The third-order valence-electron chi connectivity index (χ3n) is 3.25. The van der Waals surface area contributed by atoms with Crippen molar-refractivity contribution in [1.82, 2.24) is 10.2 Å². The molecule has 0 aliphatic carbocycles. The maximum atomic E-state index is 13.3. The van der Waals surface area contributed by atoms with Crippen molar-refractivity contribution in [1.29, 1.82) is 0 Å². The highest BCUT2D eigenvalue weighted by Crippen LogP contribution is 2.38. The van der Waals surface area contributed by atoms with E-state index >= 15 is 0 Å². The van der Waals surface area contributed by atoms with Crippen LogP contribution >= 0.6 is 0 Å². The average Bonchev–Trinajstić information content (AvgIpc) is 2.40. The standard InChI is InChI=1S/C13H15F5N2O/c14-12(15)21-10-3-1-9(2-4-10)11(13(16,17)18)20-7-5-19-6-8-20/h1-4,11-12,19H,5-8H2/t11-/m0/s1. The second kappa shape index (κ2) is 6.57. The minimum atomic E-state index is -4.43. The molecule has 1 saturated heterocycles. The number of nitrogens with zero attached hydrogens (tertiary/aromatic N) is 1. The highest BCUT2D eigenvalue weighted by Gasteiger charge is 2.44. The van der Waals surface area contributed by atoms with Crippen molar-refractivity contribution in [2.75, 3.05) is 26.2 Å². The van der Waals surface area contributed by atoms with Crippen molar-refractivity contribution < 1.29 is 26.7 Å². The Morgan fingerprint density at radius 1 is 1.05 bits per heavy atom. The highest BCUT2D eigenvalue weighted by atomic mass is 19.4. The van der Waals surface area contributed by atoms with Crippen LogP contribution in [0.4, 0.5) is 22.0 Å². The number of benzene rings is 1. The average molecular weight is 310 g/mol. The third kappa shape index (κ3) is 4.28. The van der Waals surface area contributed by atoms with Gasteiger partial charge in [-0.15, -0.1) is 0 Å². The molecule has 1 heterocycles. The van der Waals surface area contributed by atoms with Gasteiger partial charge in [0.2, 0.25) is 0 Å². The van der Waals surface area contributed by atoms with Crippen LogP contribution in [0.1, 0.15) is 11.6 Å². The molecule has 1 aromatic carbocycles. The Morgan fingerprint density at radius 3 is 2.10 bits per heavy atom. The van der Waals surface area contributed by atoms with Crippen LogP contribution in [0.3, 0.4) is 0 Å². The van der Waals surface area contributed by atoms with Gasteiger partial charge in [0.25, 0.3) is 0 Å². The minimum absolute atomic E-state index is 0.0195. The Bertz CT molecular complexity index is 443. The number of nitrogens with one attached hydrogen (secondary N) is 1. The highest BCUT2D eigenvalue weighted by molar-refractivity contribution is 5.30. The van der Waals surface area contributed by atoms with E-state index in [1.165, 1.54) is 17.0 Å². The number of rotatable bonds is 4. The van der Waals surface area contributed by atoms with Crippen LogP contribution in [0.5, 0.6) is 5.75 Å². The number of hydrogen-bond acceptors (Lipinski definition) is 3. The Kier molecular flexibility index (Phi) is 5.00. The fourth-order valence-corrected chi connectivity index (χ4v) is 2.38. The van der Waals surface area contributed by atoms with Crippen molar-refractivity contribution in [3.8, 4) is 5.75 Å². The molecule has 1 fully saturated rings. The summed E-state index contributed by atoms with van der Waals surface area (Å²) in [6.45, 7) is -1.47. The van der Waals surface area contributed by atoms with Gasteiger partial charge in [0.05, 0.1) is 0 Å². The number of ether oxygens (including phenoxy) is 1. The Balaban J connectivity index is 2.20. The topological polar surface area (TPSA) is 24.5 Å². The second-order valence-electron chi connectivity index (χ2n) is 4.68. The number of hydrogen-bond donors (Lipinski definition) is 1. The molecular formula is C13H15F5N2O. The van der Waals surface area contributed by atoms with Crippen LogP contribution in [-0.4, -0.2) is 43.9 Å². The molecule has 0 aromatic heterocycles. The summed E-state index contributed by atoms with van der Waals surface area (Å²) in [4.78, 5) is 1.33. The fraction of sp³-hybridized carbons (Fsp3) is 0.538. The molecule has 0 amide bonds. The first kappa shape index (κ1) is 16.0. The summed E-state index contributed by atoms with van der Waals surface area (Å²) in [5.41, 5.74) is 0.0195. The normalized spacial score (nSPS) is 18.8. The SMILES string of the molecule is FC(F)Oc1ccc([C@H](N2CCNCC2)C(F)(F)F)cc1. The van der Waals surface area contributed by atoms with Crippen LogP contribution in [0.15, 0.2) is 24.3 Å². The molecular weight excluding hydrogens is 295 g/mol. The lowest BCUT2D eigenvalue weighted by molar-refractivity contribution is -0.187. The van der Waals surface area contributed by atoms with Gasteiger partial charge in [-0.25, -0.2) is 0 Å². The van der Waals surface area contributed by atoms with Gasteiger partial charge in [0.1, 0.15) is 11.8 Å². The van der Waals surface area contributed by atoms with Crippen LogP contribution in [0.2, 0.25) is 0 Å². The first-order chi connectivity index (χ1) is 9.88. The molecule has 0 unspecified atom stereocenters. The van der Waals surface area contributed by atoms with E-state index < -0.39 is 18.8 Å². The monoisotopic (exact) mass is 310 g/mol. The molecule has 0 spiro atoms. The predicted octanol–water partition coefficient (Wildman–Crippen LogP) is 2.80. The quantitative estimate of drug-likeness (QED) is 0.866. The van der Waals surface area contributed by atoms with Gasteiger partial charge in [-0.05, 0) is 17.7 Å². The van der Waals surface area contributed by atoms with Crippen molar-refractivity contribution in [2.24, 2.45) is 0 Å². The molecule has 0 radical (unpaired) electrons. The summed E-state index contributed by atoms with van der Waals surface area (Å²) in [7, 11) is 0. The van der Waals surface area contributed by atoms with E-state index in [-0.39, 0.29) is 24.4 Å². The molecule has 118 valence electrons. The van der Waals surface area contributed by atoms with Gasteiger partial charge in [-0.3, -0.25) is 4.90 Å². The van der Waals surface area contributed by atoms with Crippen molar-refractivity contribution in [3.05, 3.63) is 29.8 Å². The molecule has 1 aliphatic heterocycles. The molecule has 0 saturated carbocycles. The smallest absolute Gasteiger partial charge is 0.408 e. The van der Waals surface area contributed by atoms with Gasteiger partial charge in [0.15, 0.2) is 0 Å². The summed E-state index contributed by atoms with van der Waals surface area (Å²) in [5.74, 6) is -0.157. The van der Waals surface area contributed by atoms with Gasteiger partial charge < -0.3 is 10.1 Å². The molecule has 1 aliphatic rings. The molecule has 21 heavy (non-hydrogen) atoms. The summed E-state index contributed by atoms with van der Waals surface area (Å²) >= 11 is 0. The zero-order valence-electron chi connectivity index (χ0n) is 11.0. The van der Waals surface area contributed by atoms with Crippen LogP contribution in [-0.2, 0) is 0 Å². The van der Waals surface area contributed by atoms with Gasteiger partial charge in [-0.1, -0.05) is 12.1 Å². The first-order valence-corrected chi connectivity index (χ1v) is 6.44. The largest absolute Gasteiger partial charge is 0.435 e. The molecule has 1 aromatic rings. The maximum Gasteiger partial charge on any atom is 0.408 e. The van der Waals surface area contributed by atoms with Gasteiger partial charge in [-0.2, -0.15) is 22.0 Å². The predicted molar refractivity (Wildman–Crippen MR) is 66.3 cm³/mol. The van der Waals surface area contributed by atoms with Crippen molar-refractivity contribution in [3.63, 3.8) is 0 Å². The van der Waals surface area contributed by atoms with Crippen LogP contribution < -0.4 is 10.1 Å². The van der Waals surface area contributed by atoms with E-state index in [0.29, 0.717) is 13.1 Å². The second-order valence-corrected chi connectivity index (χ2v) is 4.68. The van der Waals surface area contributed by atoms with Crippen LogP contribution in [0.25, 0.3) is 0 Å². The summed E-state index contributed by atoms with van der Waals surface area (Å²) in [5, 5.41) is 2.99. The van der Waals surface area contributed by atoms with Crippen molar-refractivity contribution in [2.45, 2.75) is 18.8 Å². The zero-order chi connectivity index (χ0) is 15.5. The third-order valence-corrected chi connectivity index (χ3v) is 3.25. The lowest BCUT2D eigenvalue weighted by Gasteiger charge is -2.36. The van der Waals surface area contributed by atoms with E-state index in [2.05, 4.69) is 10.1 Å². The Morgan fingerprint density at radius 2 is 1.62 bits per heavy atom. The minimum Gasteiger partial charge on any atom is -0.435 e. The molecule has 1 atom stereocenters. The van der Waals surface area contributed by atoms with Gasteiger partial charge >= 0.3 is 12.8 Å². The molecule has 2 rings (SSSR count). The molecule has 0 bridgehead atoms. The van der Waals surface area contributed by atoms with E-state index in [9.17, 15) is 22.0 Å². The number of alkyl halides is 5. The summed E-state index contributed by atoms with van der Waals surface area (Å²) in [6, 6.07) is 2.88. The van der Waals surface area contributed by atoms with E-state index in [1.54, 1.807) is 0 Å². The fourth-order valence-electron chi connectivity index (χ4n) is 2.38. The molecule has 1 N–H and O–H groups in total. The van der Waals surface area contributed by atoms with Crippen molar-refractivity contribution >= 4 is 0 Å². The maximum absolute atomic E-state index is 13.3. The zero-order valence-corrected chi connectivity index (χ0v) is 11.0. The van der Waals surface area contributed by atoms with E-state index in [1.807, 2.05) is 0 Å². The van der Waals surface area contributed by atoms with E-state index in [4.69, 9.17) is 0 Å². The number of halogens is 5. The lowest BCUT2D eigenvalue weighted by Crippen LogP contribution is -2.49. The first-order valence-electron chi connectivity index (χ1n) is 6.44. The van der Waals surface area contributed by atoms with Crippen LogP contribution in [0, 0.1) is 0 Å². The van der Waals surface area contributed by atoms with Gasteiger partial charge in [0, 0.05) is 26.2 Å². The molecule has 3 nitrogen and oxygen atoms in total. The molecule has 8 heteroatoms. The Labute approximate surface area is 118 Å².